The van der Waals surface area contributed by atoms with E-state index in [9.17, 15) is 43.2 Å². The Kier molecular flexibility index (Phi) is 5.19. The molecular weight excluding hydrogens is 426 g/mol. The summed E-state index contributed by atoms with van der Waals surface area (Å²) in [5.74, 6) is -11.6. The van der Waals surface area contributed by atoms with Gasteiger partial charge >= 0.3 is 4.38 Å². The molecule has 27 heavy (non-hydrogen) atoms. The standard InChI is InChI=1S/C13H4F6N2O4S2/c14-5-1-7(16)11(8(17)2-5)26(22,23)13(21-20)27(24,25)12-9(18)3-6(15)4-10(12)19/h1-4H. The number of hydrogen-bond donors (Lipinski definition) is 0. The van der Waals surface area contributed by atoms with E-state index in [1.54, 1.807) is 0 Å². The highest BCUT2D eigenvalue weighted by Crippen LogP contribution is 2.28. The highest BCUT2D eigenvalue weighted by atomic mass is 32.3. The lowest BCUT2D eigenvalue weighted by Gasteiger charge is -2.06. The first-order valence-corrected chi connectivity index (χ1v) is 9.32. The Morgan fingerprint density at radius 1 is 0.667 bits per heavy atom. The van der Waals surface area contributed by atoms with Gasteiger partial charge in [-0.25, -0.2) is 43.2 Å². The Morgan fingerprint density at radius 2 is 0.926 bits per heavy atom. The van der Waals surface area contributed by atoms with Crippen molar-refractivity contribution in [2.45, 2.75) is 9.79 Å². The number of benzene rings is 2. The van der Waals surface area contributed by atoms with Crippen LogP contribution in [0.2, 0.25) is 0 Å². The minimum Gasteiger partial charge on any atom is -0.359 e. The van der Waals surface area contributed by atoms with Gasteiger partial charge < -0.3 is 5.53 Å². The first kappa shape index (κ1) is 20.6. The van der Waals surface area contributed by atoms with Gasteiger partial charge in [-0.1, -0.05) is 0 Å². The van der Waals surface area contributed by atoms with Crippen LogP contribution in [0, 0.1) is 34.9 Å². The van der Waals surface area contributed by atoms with E-state index in [1.165, 1.54) is 0 Å². The summed E-state index contributed by atoms with van der Waals surface area (Å²) in [7, 11) is -11.8. The Hall–Kier alpha value is -2.70. The summed E-state index contributed by atoms with van der Waals surface area (Å²) in [4.78, 5) is -2.23. The fourth-order valence-corrected chi connectivity index (χ4v) is 5.48. The molecule has 2 rings (SSSR count). The molecule has 0 aliphatic carbocycles. The third-order valence-corrected chi connectivity index (χ3v) is 7.26. The SMILES string of the molecule is [N-]=[N+]=C(S(=O)(=O)c1c(F)cc(F)cc1F)S(=O)(=O)c1c(F)cc(F)cc1F. The van der Waals surface area contributed by atoms with Gasteiger partial charge in [0, 0.05) is 24.3 Å². The Bertz CT molecular complexity index is 1090. The molecule has 0 unspecified atom stereocenters. The van der Waals surface area contributed by atoms with Crippen molar-refractivity contribution in [2.24, 2.45) is 0 Å². The second kappa shape index (κ2) is 6.79. The third-order valence-electron chi connectivity index (χ3n) is 3.00. The Labute approximate surface area is 147 Å². The molecule has 0 aliphatic heterocycles. The maximum atomic E-state index is 13.7. The van der Waals surface area contributed by atoms with Crippen LogP contribution in [0.15, 0.2) is 34.1 Å². The zero-order valence-corrected chi connectivity index (χ0v) is 14.1. The van der Waals surface area contributed by atoms with E-state index in [0.29, 0.717) is 0 Å². The van der Waals surface area contributed by atoms with Gasteiger partial charge in [-0.2, -0.15) is 0 Å². The van der Waals surface area contributed by atoms with E-state index in [1.807, 2.05) is 4.79 Å². The van der Waals surface area contributed by atoms with Gasteiger partial charge in [0.15, 0.2) is 9.79 Å². The largest absolute Gasteiger partial charge is 0.504 e. The average Bonchev–Trinajstić information content (AvgIpc) is 2.43. The fourth-order valence-electron chi connectivity index (χ4n) is 2.00. The lowest BCUT2D eigenvalue weighted by molar-refractivity contribution is 0.00372. The molecule has 0 saturated carbocycles. The number of hydrogen-bond acceptors (Lipinski definition) is 4. The van der Waals surface area contributed by atoms with Crippen molar-refractivity contribution < 1.29 is 48.0 Å². The molecule has 0 aromatic heterocycles. The summed E-state index contributed by atoms with van der Waals surface area (Å²) in [6.07, 6.45) is 0. The lowest BCUT2D eigenvalue weighted by Crippen LogP contribution is -2.29. The van der Waals surface area contributed by atoms with Crippen LogP contribution in [0.1, 0.15) is 0 Å². The number of halogens is 6. The quantitative estimate of drug-likeness (QED) is 0.182. The first-order chi connectivity index (χ1) is 12.3. The molecule has 0 saturated heterocycles. The lowest BCUT2D eigenvalue weighted by atomic mass is 10.3. The average molecular weight is 430 g/mol. The summed E-state index contributed by atoms with van der Waals surface area (Å²) in [5, 5.41) is 0. The van der Waals surface area contributed by atoms with Crippen LogP contribution in [-0.2, 0) is 19.7 Å². The molecular formula is C13H4F6N2O4S2. The van der Waals surface area contributed by atoms with Gasteiger partial charge in [-0.05, 0) is 0 Å². The number of sulfone groups is 2. The van der Waals surface area contributed by atoms with Crippen LogP contribution in [0.25, 0.3) is 5.53 Å². The van der Waals surface area contributed by atoms with E-state index >= 15 is 0 Å². The number of rotatable bonds is 2. The molecule has 0 spiro atoms. The molecule has 0 aliphatic rings. The molecule has 0 heterocycles. The van der Waals surface area contributed by atoms with Crippen molar-refractivity contribution in [2.75, 3.05) is 0 Å². The first-order valence-electron chi connectivity index (χ1n) is 6.35. The highest BCUT2D eigenvalue weighted by Gasteiger charge is 2.49. The maximum Gasteiger partial charge on any atom is 0.504 e. The zero-order valence-electron chi connectivity index (χ0n) is 12.4. The highest BCUT2D eigenvalue weighted by molar-refractivity contribution is 8.31. The van der Waals surface area contributed by atoms with Crippen LogP contribution < -0.4 is 0 Å². The molecule has 2 aromatic rings. The monoisotopic (exact) mass is 430 g/mol. The zero-order chi connectivity index (χ0) is 20.7. The van der Waals surface area contributed by atoms with Gasteiger partial charge in [-0.3, -0.25) is 0 Å². The smallest absolute Gasteiger partial charge is 0.359 e. The molecule has 144 valence electrons. The predicted molar refractivity (Wildman–Crippen MR) is 75.6 cm³/mol. The second-order valence-corrected chi connectivity index (χ2v) is 8.63. The maximum absolute atomic E-state index is 13.7. The predicted octanol–water partition coefficient (Wildman–Crippen LogP) is 2.35. The van der Waals surface area contributed by atoms with E-state index in [0.717, 1.165) is 0 Å². The van der Waals surface area contributed by atoms with Crippen molar-refractivity contribution >= 4 is 24.1 Å². The van der Waals surface area contributed by atoms with Gasteiger partial charge in [0.2, 0.25) is 0 Å². The van der Waals surface area contributed by atoms with E-state index in [2.05, 4.69) is 0 Å². The van der Waals surface area contributed by atoms with E-state index < -0.39 is 68.7 Å². The molecule has 0 bridgehead atoms. The summed E-state index contributed by atoms with van der Waals surface area (Å²) < 4.78 is 127. The summed E-state index contributed by atoms with van der Waals surface area (Å²) >= 11 is 0. The Balaban J connectivity index is 2.84. The molecule has 0 fully saturated rings. The van der Waals surface area contributed by atoms with Crippen molar-refractivity contribution in [3.8, 4) is 0 Å². The molecule has 0 N–H and O–H groups in total. The minimum absolute atomic E-state index is 0.128. The molecule has 14 heteroatoms. The summed E-state index contributed by atoms with van der Waals surface area (Å²) in [6, 6.07) is -0.513. The molecule has 0 radical (unpaired) electrons. The van der Waals surface area contributed by atoms with Gasteiger partial charge in [-0.15, -0.1) is 4.79 Å². The molecule has 0 amide bonds. The van der Waals surface area contributed by atoms with Crippen LogP contribution in [-0.4, -0.2) is 26.0 Å². The van der Waals surface area contributed by atoms with Gasteiger partial charge in [0.1, 0.15) is 34.9 Å². The van der Waals surface area contributed by atoms with Crippen molar-refractivity contribution in [3.63, 3.8) is 0 Å². The van der Waals surface area contributed by atoms with E-state index in [4.69, 9.17) is 5.53 Å². The van der Waals surface area contributed by atoms with Crippen LogP contribution >= 0.6 is 0 Å². The minimum atomic E-state index is -5.91. The summed E-state index contributed by atoms with van der Waals surface area (Å²) in [6.45, 7) is 0. The second-order valence-electron chi connectivity index (χ2n) is 4.77. The van der Waals surface area contributed by atoms with Crippen LogP contribution in [0.5, 0.6) is 0 Å². The normalized spacial score (nSPS) is 11.9. The number of nitrogens with zero attached hydrogens (tertiary/aromatic N) is 2. The molecule has 0 atom stereocenters. The van der Waals surface area contributed by atoms with Crippen molar-refractivity contribution in [3.05, 3.63) is 64.7 Å². The molecule has 2 aromatic carbocycles. The van der Waals surface area contributed by atoms with Gasteiger partial charge in [0.05, 0.1) is 0 Å². The topological polar surface area (TPSA) is 105 Å². The van der Waals surface area contributed by atoms with Crippen LogP contribution in [0.4, 0.5) is 26.3 Å². The van der Waals surface area contributed by atoms with E-state index in [-0.39, 0.29) is 24.3 Å². The summed E-state index contributed by atoms with van der Waals surface area (Å²) in [5.41, 5.74) is 8.78. The third kappa shape index (κ3) is 3.46. The fraction of sp³-hybridized carbons (Fsp3) is 0. The van der Waals surface area contributed by atoms with Crippen LogP contribution in [0.3, 0.4) is 0 Å². The van der Waals surface area contributed by atoms with Crippen molar-refractivity contribution in [1.82, 2.24) is 0 Å². The van der Waals surface area contributed by atoms with Crippen molar-refractivity contribution in [1.29, 1.82) is 0 Å². The molecule has 6 nitrogen and oxygen atoms in total. The Morgan fingerprint density at radius 3 is 1.15 bits per heavy atom. The van der Waals surface area contributed by atoms with Gasteiger partial charge in [0.25, 0.3) is 19.7 Å².